The first-order valence-corrected chi connectivity index (χ1v) is 8.27. The van der Waals surface area contributed by atoms with Crippen LogP contribution in [0.3, 0.4) is 0 Å². The molecule has 2 aromatic rings. The van der Waals surface area contributed by atoms with Crippen LogP contribution in [0.5, 0.6) is 0 Å². The minimum atomic E-state index is -0.819. The predicted molar refractivity (Wildman–Crippen MR) is 85.8 cm³/mol. The summed E-state index contributed by atoms with van der Waals surface area (Å²) in [5.74, 6) is 0.0154. The summed E-state index contributed by atoms with van der Waals surface area (Å²) < 4.78 is 0. The lowest BCUT2D eigenvalue weighted by Gasteiger charge is -2.26. The van der Waals surface area contributed by atoms with E-state index in [1.54, 1.807) is 18.7 Å². The second kappa shape index (κ2) is 5.73. The highest BCUT2D eigenvalue weighted by Crippen LogP contribution is 2.28. The maximum Gasteiger partial charge on any atom is 0.323 e. The van der Waals surface area contributed by atoms with Gasteiger partial charge in [-0.05, 0) is 38.3 Å². The Morgan fingerprint density at radius 3 is 2.90 bits per heavy atom. The first kappa shape index (κ1) is 14.5. The number of hydrogen-bond acceptors (Lipinski definition) is 3. The second-order valence-electron chi connectivity index (χ2n) is 5.88. The summed E-state index contributed by atoms with van der Waals surface area (Å²) in [6.45, 7) is 1.79. The lowest BCUT2D eigenvalue weighted by atomic mass is 9.99. The smallest absolute Gasteiger partial charge is 0.323 e. The van der Waals surface area contributed by atoms with Gasteiger partial charge in [-0.1, -0.05) is 18.2 Å². The molecule has 3 N–H and O–H groups in total. The third-order valence-corrected chi connectivity index (χ3v) is 4.88. The first-order chi connectivity index (χ1) is 10.1. The molecular formula is C16H20N2O2S. The van der Waals surface area contributed by atoms with Gasteiger partial charge in [0.2, 0.25) is 0 Å². The third kappa shape index (κ3) is 3.41. The van der Waals surface area contributed by atoms with Crippen molar-refractivity contribution >= 4 is 28.6 Å². The molecule has 1 saturated carbocycles. The summed E-state index contributed by atoms with van der Waals surface area (Å²) in [6, 6.07) is 10.7. The Labute approximate surface area is 128 Å². The van der Waals surface area contributed by atoms with Crippen LogP contribution in [-0.2, 0) is 4.79 Å². The lowest BCUT2D eigenvalue weighted by Crippen LogP contribution is -2.50. The molecular weight excluding hydrogens is 284 g/mol. The number of rotatable bonds is 7. The normalized spacial score (nSPS) is 17.8. The van der Waals surface area contributed by atoms with Gasteiger partial charge in [-0.3, -0.25) is 10.1 Å². The molecule has 1 aromatic carbocycles. The van der Waals surface area contributed by atoms with E-state index in [0.717, 1.165) is 29.1 Å². The van der Waals surface area contributed by atoms with Gasteiger partial charge in [0.25, 0.3) is 0 Å². The van der Waals surface area contributed by atoms with Gasteiger partial charge in [0.15, 0.2) is 0 Å². The molecule has 112 valence electrons. The van der Waals surface area contributed by atoms with E-state index in [4.69, 9.17) is 0 Å². The quantitative estimate of drug-likeness (QED) is 0.687. The van der Waals surface area contributed by atoms with Gasteiger partial charge in [-0.15, -0.1) is 11.8 Å². The van der Waals surface area contributed by atoms with Gasteiger partial charge < -0.3 is 10.1 Å². The van der Waals surface area contributed by atoms with E-state index in [1.807, 2.05) is 12.1 Å². The number of carbonyl (C=O) groups is 1. The molecule has 1 aliphatic carbocycles. The van der Waals surface area contributed by atoms with Crippen molar-refractivity contribution in [2.24, 2.45) is 0 Å². The van der Waals surface area contributed by atoms with Crippen LogP contribution < -0.4 is 5.32 Å². The second-order valence-corrected chi connectivity index (χ2v) is 7.01. The highest BCUT2D eigenvalue weighted by Gasteiger charge is 2.37. The molecule has 0 radical (unpaired) electrons. The van der Waals surface area contributed by atoms with Crippen molar-refractivity contribution in [1.29, 1.82) is 0 Å². The average Bonchev–Trinajstić information content (AvgIpc) is 3.15. The van der Waals surface area contributed by atoms with Crippen molar-refractivity contribution in [3.8, 4) is 0 Å². The number of nitrogens with one attached hydrogen (secondary N) is 2. The van der Waals surface area contributed by atoms with Crippen molar-refractivity contribution < 1.29 is 9.90 Å². The summed E-state index contributed by atoms with van der Waals surface area (Å²) in [5, 5.41) is 15.0. The molecule has 0 amide bonds. The molecule has 0 aliphatic heterocycles. The van der Waals surface area contributed by atoms with E-state index < -0.39 is 11.5 Å². The molecule has 0 bridgehead atoms. The Morgan fingerprint density at radius 1 is 1.48 bits per heavy atom. The fourth-order valence-corrected chi connectivity index (χ4v) is 3.53. The summed E-state index contributed by atoms with van der Waals surface area (Å²) >= 11 is 1.68. The lowest BCUT2D eigenvalue weighted by molar-refractivity contribution is -0.144. The van der Waals surface area contributed by atoms with Crippen LogP contribution in [-0.4, -0.2) is 33.4 Å². The van der Waals surface area contributed by atoms with Crippen LogP contribution >= 0.6 is 11.8 Å². The number of benzene rings is 1. The van der Waals surface area contributed by atoms with E-state index in [1.165, 1.54) is 5.39 Å². The van der Waals surface area contributed by atoms with Crippen LogP contribution in [0.1, 0.15) is 26.2 Å². The Balaban J connectivity index is 1.59. The Hall–Kier alpha value is -1.46. The van der Waals surface area contributed by atoms with Crippen LogP contribution in [0.2, 0.25) is 0 Å². The monoisotopic (exact) mass is 304 g/mol. The topological polar surface area (TPSA) is 65.1 Å². The molecule has 1 aromatic heterocycles. The maximum absolute atomic E-state index is 11.5. The predicted octanol–water partition coefficient (Wildman–Crippen LogP) is 3.25. The fraction of sp³-hybridized carbons (Fsp3) is 0.438. The van der Waals surface area contributed by atoms with Crippen LogP contribution in [0.25, 0.3) is 10.9 Å². The zero-order valence-electron chi connectivity index (χ0n) is 12.1. The van der Waals surface area contributed by atoms with Gasteiger partial charge in [0, 0.05) is 22.7 Å². The van der Waals surface area contributed by atoms with Crippen molar-refractivity contribution in [2.75, 3.05) is 5.75 Å². The summed E-state index contributed by atoms with van der Waals surface area (Å²) in [4.78, 5) is 14.8. The highest BCUT2D eigenvalue weighted by atomic mass is 32.2. The van der Waals surface area contributed by atoms with E-state index in [2.05, 4.69) is 28.5 Å². The summed E-state index contributed by atoms with van der Waals surface area (Å²) in [6.07, 6.45) is 2.80. The van der Waals surface area contributed by atoms with E-state index in [-0.39, 0.29) is 0 Å². The van der Waals surface area contributed by atoms with Crippen molar-refractivity contribution in [2.45, 2.75) is 42.8 Å². The molecule has 5 heteroatoms. The molecule has 3 rings (SSSR count). The van der Waals surface area contributed by atoms with Gasteiger partial charge >= 0.3 is 5.97 Å². The fourth-order valence-electron chi connectivity index (χ4n) is 2.41. The molecule has 0 saturated heterocycles. The largest absolute Gasteiger partial charge is 0.480 e. The number of thioether (sulfide) groups is 1. The summed E-state index contributed by atoms with van der Waals surface area (Å²) in [7, 11) is 0. The number of aromatic amines is 1. The number of carboxylic acids is 1. The number of aliphatic carboxylic acids is 1. The van der Waals surface area contributed by atoms with Crippen LogP contribution in [0, 0.1) is 0 Å². The Morgan fingerprint density at radius 2 is 2.24 bits per heavy atom. The molecule has 1 aliphatic rings. The minimum absolute atomic E-state index is 0.393. The molecule has 1 atom stereocenters. The number of hydrogen-bond donors (Lipinski definition) is 3. The van der Waals surface area contributed by atoms with Crippen LogP contribution in [0.15, 0.2) is 35.4 Å². The number of H-pyrrole nitrogens is 1. The first-order valence-electron chi connectivity index (χ1n) is 7.28. The molecule has 4 nitrogen and oxygen atoms in total. The standard InChI is InChI=1S/C16H20N2O2S/c1-16(15(19)20,18-12-6-7-12)8-9-21-14-10-11-4-2-3-5-13(11)17-14/h2-5,10,12,17-18H,6-9H2,1H3,(H,19,20). The van der Waals surface area contributed by atoms with Crippen molar-refractivity contribution in [1.82, 2.24) is 10.3 Å². The Kier molecular flexibility index (Phi) is 3.95. The van der Waals surface area contributed by atoms with Crippen molar-refractivity contribution in [3.63, 3.8) is 0 Å². The van der Waals surface area contributed by atoms with E-state index in [9.17, 15) is 9.90 Å². The number of para-hydroxylation sites is 1. The van der Waals surface area contributed by atoms with Crippen LogP contribution in [0.4, 0.5) is 0 Å². The van der Waals surface area contributed by atoms with Gasteiger partial charge in [-0.2, -0.15) is 0 Å². The third-order valence-electron chi connectivity index (χ3n) is 3.94. The zero-order valence-corrected chi connectivity index (χ0v) is 12.9. The maximum atomic E-state index is 11.5. The number of carboxylic acid groups (broad SMARTS) is 1. The molecule has 21 heavy (non-hydrogen) atoms. The molecule has 0 spiro atoms. The average molecular weight is 304 g/mol. The number of aromatic nitrogens is 1. The van der Waals surface area contributed by atoms with Gasteiger partial charge in [-0.25, -0.2) is 0 Å². The summed E-state index contributed by atoms with van der Waals surface area (Å²) in [5.41, 5.74) is 0.303. The molecule has 1 unspecified atom stereocenters. The van der Waals surface area contributed by atoms with Crippen molar-refractivity contribution in [3.05, 3.63) is 30.3 Å². The molecule has 1 heterocycles. The zero-order chi connectivity index (χ0) is 14.9. The SMILES string of the molecule is CC(CCSc1cc2ccccc2[nH]1)(NC1CC1)C(=O)O. The van der Waals surface area contributed by atoms with Gasteiger partial charge in [0.1, 0.15) is 5.54 Å². The number of fused-ring (bicyclic) bond motifs is 1. The molecule has 1 fully saturated rings. The minimum Gasteiger partial charge on any atom is -0.480 e. The Bertz CT molecular complexity index is 618. The van der Waals surface area contributed by atoms with E-state index >= 15 is 0 Å². The van der Waals surface area contributed by atoms with Gasteiger partial charge in [0.05, 0.1) is 5.03 Å². The highest BCUT2D eigenvalue weighted by molar-refractivity contribution is 7.99. The van der Waals surface area contributed by atoms with E-state index in [0.29, 0.717) is 12.5 Å².